The first-order chi connectivity index (χ1) is 7.38. The van der Waals surface area contributed by atoms with Crippen molar-refractivity contribution in [2.24, 2.45) is 5.11 Å². The highest BCUT2D eigenvalue weighted by Crippen LogP contribution is 2.27. The van der Waals surface area contributed by atoms with E-state index in [-0.39, 0.29) is 12.1 Å². The highest BCUT2D eigenvalue weighted by atomic mass is 16.5. The molecule has 0 aromatic heterocycles. The Morgan fingerprint density at radius 1 is 1.33 bits per heavy atom. The van der Waals surface area contributed by atoms with Gasteiger partial charge in [-0.05, 0) is 23.9 Å². The van der Waals surface area contributed by atoms with Crippen LogP contribution in [0.25, 0.3) is 10.4 Å². The Balaban J connectivity index is 1.71. The van der Waals surface area contributed by atoms with E-state index < -0.39 is 0 Å². The van der Waals surface area contributed by atoms with Gasteiger partial charge in [-0.15, -0.1) is 0 Å². The van der Waals surface area contributed by atoms with Crippen LogP contribution in [0.3, 0.4) is 0 Å². The Hall–Kier alpha value is -1.51. The van der Waals surface area contributed by atoms with Gasteiger partial charge in [-0.25, -0.2) is 0 Å². The van der Waals surface area contributed by atoms with Crippen molar-refractivity contribution < 1.29 is 4.74 Å². The van der Waals surface area contributed by atoms with Crippen LogP contribution in [0.4, 0.5) is 0 Å². The van der Waals surface area contributed by atoms with Crippen molar-refractivity contribution in [2.45, 2.75) is 31.6 Å². The van der Waals surface area contributed by atoms with E-state index in [1.165, 1.54) is 5.56 Å². The molecule has 2 rings (SSSR count). The van der Waals surface area contributed by atoms with E-state index in [4.69, 9.17) is 10.3 Å². The van der Waals surface area contributed by atoms with E-state index in [1.807, 2.05) is 30.3 Å². The summed E-state index contributed by atoms with van der Waals surface area (Å²) in [6, 6.07) is 10.2. The molecule has 4 nitrogen and oxygen atoms in total. The van der Waals surface area contributed by atoms with E-state index >= 15 is 0 Å². The zero-order valence-electron chi connectivity index (χ0n) is 8.41. The molecule has 0 saturated heterocycles. The van der Waals surface area contributed by atoms with Gasteiger partial charge >= 0.3 is 0 Å². The fourth-order valence-corrected chi connectivity index (χ4v) is 1.63. The van der Waals surface area contributed by atoms with Gasteiger partial charge in [-0.3, -0.25) is 0 Å². The van der Waals surface area contributed by atoms with Crippen molar-refractivity contribution in [3.63, 3.8) is 0 Å². The van der Waals surface area contributed by atoms with Gasteiger partial charge in [0.15, 0.2) is 0 Å². The van der Waals surface area contributed by atoms with Gasteiger partial charge in [0.25, 0.3) is 0 Å². The highest BCUT2D eigenvalue weighted by molar-refractivity contribution is 5.13. The maximum atomic E-state index is 8.21. The molecule has 0 bridgehead atoms. The average Bonchev–Trinajstić information content (AvgIpc) is 2.23. The fraction of sp³-hybridized carbons (Fsp3) is 0.455. The number of hydrogen-bond donors (Lipinski definition) is 0. The van der Waals surface area contributed by atoms with Crippen LogP contribution in [-0.2, 0) is 11.3 Å². The maximum absolute atomic E-state index is 8.21. The minimum atomic E-state index is 0.149. The molecule has 0 amide bonds. The number of nitrogens with zero attached hydrogens (tertiary/aromatic N) is 3. The molecule has 78 valence electrons. The third kappa shape index (κ3) is 2.72. The van der Waals surface area contributed by atoms with Crippen molar-refractivity contribution in [3.8, 4) is 0 Å². The summed E-state index contributed by atoms with van der Waals surface area (Å²) in [6.45, 7) is 0.647. The zero-order valence-corrected chi connectivity index (χ0v) is 8.41. The van der Waals surface area contributed by atoms with Crippen LogP contribution in [0, 0.1) is 0 Å². The summed E-state index contributed by atoms with van der Waals surface area (Å²) in [5.74, 6) is 0. The SMILES string of the molecule is [N-]=[N+]=NC1CC(OCc2ccccc2)C1. The molecule has 1 saturated carbocycles. The molecule has 0 atom stereocenters. The van der Waals surface area contributed by atoms with Crippen molar-refractivity contribution in [3.05, 3.63) is 46.3 Å². The highest BCUT2D eigenvalue weighted by Gasteiger charge is 2.28. The van der Waals surface area contributed by atoms with Crippen LogP contribution in [0.1, 0.15) is 18.4 Å². The smallest absolute Gasteiger partial charge is 0.0720 e. The molecule has 1 aliphatic carbocycles. The molecule has 0 spiro atoms. The lowest BCUT2D eigenvalue weighted by atomic mass is 9.90. The summed E-state index contributed by atoms with van der Waals surface area (Å²) >= 11 is 0. The molecule has 0 radical (unpaired) electrons. The third-order valence-electron chi connectivity index (χ3n) is 2.61. The van der Waals surface area contributed by atoms with E-state index in [0.717, 1.165) is 12.8 Å². The van der Waals surface area contributed by atoms with Crippen LogP contribution in [0.2, 0.25) is 0 Å². The lowest BCUT2D eigenvalue weighted by Gasteiger charge is -2.31. The number of benzene rings is 1. The number of rotatable bonds is 4. The molecule has 1 aromatic rings. The molecule has 0 aliphatic heterocycles. The average molecular weight is 203 g/mol. The topological polar surface area (TPSA) is 58.0 Å². The first-order valence-electron chi connectivity index (χ1n) is 5.08. The fourth-order valence-electron chi connectivity index (χ4n) is 1.63. The van der Waals surface area contributed by atoms with Crippen molar-refractivity contribution in [2.75, 3.05) is 0 Å². The molecular formula is C11H13N3O. The molecule has 1 fully saturated rings. The van der Waals surface area contributed by atoms with Crippen molar-refractivity contribution in [1.82, 2.24) is 0 Å². The first kappa shape index (κ1) is 10.0. The second kappa shape index (κ2) is 4.82. The van der Waals surface area contributed by atoms with Gasteiger partial charge in [0.1, 0.15) is 0 Å². The Kier molecular flexibility index (Phi) is 3.22. The molecule has 1 aromatic carbocycles. The van der Waals surface area contributed by atoms with Crippen molar-refractivity contribution >= 4 is 0 Å². The van der Waals surface area contributed by atoms with Crippen LogP contribution >= 0.6 is 0 Å². The summed E-state index contributed by atoms with van der Waals surface area (Å²) in [5, 5.41) is 3.64. The lowest BCUT2D eigenvalue weighted by Crippen LogP contribution is -2.33. The third-order valence-corrected chi connectivity index (χ3v) is 2.61. The van der Waals surface area contributed by atoms with Gasteiger partial charge in [-0.1, -0.05) is 35.4 Å². The quantitative estimate of drug-likeness (QED) is 0.421. The van der Waals surface area contributed by atoms with Crippen LogP contribution < -0.4 is 0 Å². The summed E-state index contributed by atoms with van der Waals surface area (Å²) in [7, 11) is 0. The summed E-state index contributed by atoms with van der Waals surface area (Å²) < 4.78 is 5.66. The second-order valence-electron chi connectivity index (χ2n) is 3.75. The lowest BCUT2D eigenvalue weighted by molar-refractivity contribution is -0.0187. The molecule has 0 heterocycles. The second-order valence-corrected chi connectivity index (χ2v) is 3.75. The van der Waals surface area contributed by atoms with Crippen molar-refractivity contribution in [1.29, 1.82) is 0 Å². The van der Waals surface area contributed by atoms with E-state index in [9.17, 15) is 0 Å². The summed E-state index contributed by atoms with van der Waals surface area (Å²) in [5.41, 5.74) is 9.40. The monoisotopic (exact) mass is 203 g/mol. The molecule has 15 heavy (non-hydrogen) atoms. The van der Waals surface area contributed by atoms with E-state index in [1.54, 1.807) is 0 Å². The first-order valence-corrected chi connectivity index (χ1v) is 5.08. The van der Waals surface area contributed by atoms with Gasteiger partial charge in [0, 0.05) is 11.0 Å². The molecule has 1 aliphatic rings. The van der Waals surface area contributed by atoms with Crippen LogP contribution in [0.5, 0.6) is 0 Å². The Bertz CT molecular complexity index is 353. The molecular weight excluding hydrogens is 190 g/mol. The minimum Gasteiger partial charge on any atom is -0.374 e. The Labute approximate surface area is 88.5 Å². The molecule has 4 heteroatoms. The predicted molar refractivity (Wildman–Crippen MR) is 57.2 cm³/mol. The Morgan fingerprint density at radius 2 is 2.07 bits per heavy atom. The van der Waals surface area contributed by atoms with Gasteiger partial charge < -0.3 is 4.74 Å². The molecule has 0 N–H and O–H groups in total. The van der Waals surface area contributed by atoms with Gasteiger partial charge in [0.05, 0.1) is 12.7 Å². The summed E-state index contributed by atoms with van der Waals surface area (Å²) in [4.78, 5) is 2.78. The summed E-state index contributed by atoms with van der Waals surface area (Å²) in [6.07, 6.45) is 1.98. The maximum Gasteiger partial charge on any atom is 0.0720 e. The van der Waals surface area contributed by atoms with E-state index in [2.05, 4.69) is 10.0 Å². The number of ether oxygens (including phenoxy) is 1. The normalized spacial score (nSPS) is 24.0. The number of hydrogen-bond acceptors (Lipinski definition) is 2. The standard InChI is InChI=1S/C11H13N3O/c12-14-13-10-6-11(7-10)15-8-9-4-2-1-3-5-9/h1-5,10-11H,6-8H2. The minimum absolute atomic E-state index is 0.149. The van der Waals surface area contributed by atoms with E-state index in [0.29, 0.717) is 6.61 Å². The van der Waals surface area contributed by atoms with Gasteiger partial charge in [-0.2, -0.15) is 0 Å². The number of azide groups is 1. The zero-order chi connectivity index (χ0) is 10.5. The largest absolute Gasteiger partial charge is 0.374 e. The van der Waals surface area contributed by atoms with Crippen LogP contribution in [-0.4, -0.2) is 12.1 Å². The van der Waals surface area contributed by atoms with Crippen LogP contribution in [0.15, 0.2) is 35.4 Å². The molecule has 0 unspecified atom stereocenters. The predicted octanol–water partition coefficient (Wildman–Crippen LogP) is 3.04. The van der Waals surface area contributed by atoms with Gasteiger partial charge in [0.2, 0.25) is 0 Å². The Morgan fingerprint density at radius 3 is 2.73 bits per heavy atom.